The predicted molar refractivity (Wildman–Crippen MR) is 103 cm³/mol. The van der Waals surface area contributed by atoms with E-state index in [1.54, 1.807) is 18.2 Å². The summed E-state index contributed by atoms with van der Waals surface area (Å²) < 4.78 is 0. The van der Waals surface area contributed by atoms with Crippen LogP contribution in [0.1, 0.15) is 18.1 Å². The van der Waals surface area contributed by atoms with Crippen LogP contribution in [0.3, 0.4) is 0 Å². The molecule has 0 aliphatic rings. The molecule has 0 spiro atoms. The van der Waals surface area contributed by atoms with Gasteiger partial charge >= 0.3 is 0 Å². The predicted octanol–water partition coefficient (Wildman–Crippen LogP) is 5.32. The van der Waals surface area contributed by atoms with Crippen LogP contribution in [0.4, 0.5) is 11.4 Å². The molecule has 0 saturated carbocycles. The van der Waals surface area contributed by atoms with Crippen molar-refractivity contribution in [1.82, 2.24) is 0 Å². The number of anilines is 2. The van der Waals surface area contributed by atoms with Crippen LogP contribution in [0, 0.1) is 18.3 Å². The second-order valence-electron chi connectivity index (χ2n) is 5.36. The van der Waals surface area contributed by atoms with Gasteiger partial charge in [0.1, 0.15) is 11.6 Å². The van der Waals surface area contributed by atoms with Crippen LogP contribution in [-0.2, 0) is 11.2 Å². The second-order valence-corrected chi connectivity index (χ2v) is 6.20. The molecule has 0 saturated heterocycles. The minimum absolute atomic E-state index is 0.0590. The second kappa shape index (κ2) is 8.57. The molecular formula is C19H17Cl2N3O. The van der Waals surface area contributed by atoms with E-state index in [-0.39, 0.29) is 5.57 Å². The highest BCUT2D eigenvalue weighted by Gasteiger charge is 2.13. The van der Waals surface area contributed by atoms with Crippen molar-refractivity contribution in [3.05, 3.63) is 69.3 Å². The number of nitrogens with one attached hydrogen (secondary N) is 2. The first-order chi connectivity index (χ1) is 12.0. The van der Waals surface area contributed by atoms with Gasteiger partial charge in [-0.3, -0.25) is 4.79 Å². The van der Waals surface area contributed by atoms with E-state index < -0.39 is 5.91 Å². The summed E-state index contributed by atoms with van der Waals surface area (Å²) in [4.78, 5) is 12.4. The quantitative estimate of drug-likeness (QED) is 0.550. The van der Waals surface area contributed by atoms with Gasteiger partial charge in [-0.2, -0.15) is 5.26 Å². The van der Waals surface area contributed by atoms with Crippen molar-refractivity contribution in [3.8, 4) is 6.07 Å². The number of aryl methyl sites for hydroxylation is 2. The van der Waals surface area contributed by atoms with Crippen LogP contribution in [0.25, 0.3) is 0 Å². The van der Waals surface area contributed by atoms with Gasteiger partial charge in [-0.15, -0.1) is 0 Å². The summed E-state index contributed by atoms with van der Waals surface area (Å²) in [5.74, 6) is -0.482. The largest absolute Gasteiger partial charge is 0.359 e. The molecule has 4 nitrogen and oxygen atoms in total. The number of halogens is 2. The Hall–Kier alpha value is -2.48. The summed E-state index contributed by atoms with van der Waals surface area (Å²) in [5.41, 5.74) is 3.19. The summed E-state index contributed by atoms with van der Waals surface area (Å²) in [6, 6.07) is 12.6. The van der Waals surface area contributed by atoms with Gasteiger partial charge in [0.2, 0.25) is 0 Å². The highest BCUT2D eigenvalue weighted by atomic mass is 35.5. The van der Waals surface area contributed by atoms with E-state index in [1.165, 1.54) is 6.20 Å². The molecule has 0 fully saturated rings. The van der Waals surface area contributed by atoms with Gasteiger partial charge in [-0.25, -0.2) is 0 Å². The Balaban J connectivity index is 2.20. The average molecular weight is 374 g/mol. The number of nitrogens with zero attached hydrogens (tertiary/aromatic N) is 1. The zero-order valence-electron chi connectivity index (χ0n) is 13.9. The Morgan fingerprint density at radius 1 is 1.28 bits per heavy atom. The third-order valence-electron chi connectivity index (χ3n) is 3.65. The lowest BCUT2D eigenvalue weighted by Crippen LogP contribution is -2.16. The number of hydrogen-bond acceptors (Lipinski definition) is 3. The molecule has 2 aromatic carbocycles. The van der Waals surface area contributed by atoms with Crippen molar-refractivity contribution in [2.24, 2.45) is 0 Å². The van der Waals surface area contributed by atoms with Crippen LogP contribution < -0.4 is 10.6 Å². The topological polar surface area (TPSA) is 64.9 Å². The van der Waals surface area contributed by atoms with Gasteiger partial charge in [-0.1, -0.05) is 48.3 Å². The van der Waals surface area contributed by atoms with E-state index in [0.717, 1.165) is 23.2 Å². The standard InChI is InChI=1S/C19H17Cl2N3O/c1-3-13-6-4-5-12(2)18(13)24-19(25)14(10-22)11-23-17-8-7-15(20)9-16(17)21/h4-9,11,23H,3H2,1-2H3,(H,24,25)/b14-11-. The zero-order valence-corrected chi connectivity index (χ0v) is 15.4. The number of rotatable bonds is 5. The Bertz CT molecular complexity index is 869. The molecule has 1 amide bonds. The minimum Gasteiger partial charge on any atom is -0.359 e. The highest BCUT2D eigenvalue weighted by molar-refractivity contribution is 6.36. The van der Waals surface area contributed by atoms with Crippen molar-refractivity contribution in [2.75, 3.05) is 10.6 Å². The number of benzene rings is 2. The Morgan fingerprint density at radius 2 is 2.04 bits per heavy atom. The minimum atomic E-state index is -0.482. The number of amides is 1. The van der Waals surface area contributed by atoms with E-state index >= 15 is 0 Å². The summed E-state index contributed by atoms with van der Waals surface area (Å²) >= 11 is 11.9. The fourth-order valence-electron chi connectivity index (χ4n) is 2.29. The van der Waals surface area contributed by atoms with E-state index in [0.29, 0.717) is 15.7 Å². The maximum Gasteiger partial charge on any atom is 0.267 e. The summed E-state index contributed by atoms with van der Waals surface area (Å²) in [5, 5.41) is 15.9. The fraction of sp³-hybridized carbons (Fsp3) is 0.158. The molecule has 2 rings (SSSR count). The molecule has 0 bridgehead atoms. The molecule has 0 aliphatic carbocycles. The smallest absolute Gasteiger partial charge is 0.267 e. The van der Waals surface area contributed by atoms with Crippen molar-refractivity contribution in [1.29, 1.82) is 5.26 Å². The number of hydrogen-bond donors (Lipinski definition) is 2. The summed E-state index contributed by atoms with van der Waals surface area (Å²) in [6.07, 6.45) is 2.11. The first kappa shape index (κ1) is 18.9. The number of nitriles is 1. The molecule has 128 valence electrons. The van der Waals surface area contributed by atoms with E-state index in [4.69, 9.17) is 23.2 Å². The Labute approximate surface area is 157 Å². The van der Waals surface area contributed by atoms with Gasteiger partial charge in [0, 0.05) is 16.9 Å². The van der Waals surface area contributed by atoms with Crippen LogP contribution in [0.5, 0.6) is 0 Å². The Kier molecular flexibility index (Phi) is 6.46. The molecular weight excluding hydrogens is 357 g/mol. The van der Waals surface area contributed by atoms with Crippen molar-refractivity contribution >= 4 is 40.5 Å². The number of carbonyl (C=O) groups excluding carboxylic acids is 1. The molecule has 2 N–H and O–H groups in total. The fourth-order valence-corrected chi connectivity index (χ4v) is 2.75. The lowest BCUT2D eigenvalue weighted by molar-refractivity contribution is -0.112. The highest BCUT2D eigenvalue weighted by Crippen LogP contribution is 2.26. The summed E-state index contributed by atoms with van der Waals surface area (Å²) in [6.45, 7) is 3.92. The first-order valence-corrected chi connectivity index (χ1v) is 8.43. The van der Waals surface area contributed by atoms with Gasteiger partial charge in [0.15, 0.2) is 0 Å². The maximum absolute atomic E-state index is 12.4. The molecule has 25 heavy (non-hydrogen) atoms. The van der Waals surface area contributed by atoms with Gasteiger partial charge < -0.3 is 10.6 Å². The maximum atomic E-state index is 12.4. The monoisotopic (exact) mass is 373 g/mol. The third kappa shape index (κ3) is 4.76. The zero-order chi connectivity index (χ0) is 18.4. The molecule has 0 unspecified atom stereocenters. The molecule has 0 atom stereocenters. The number of para-hydroxylation sites is 1. The molecule has 0 aromatic heterocycles. The van der Waals surface area contributed by atoms with Crippen LogP contribution in [0.15, 0.2) is 48.2 Å². The Morgan fingerprint density at radius 3 is 2.68 bits per heavy atom. The lowest BCUT2D eigenvalue weighted by Gasteiger charge is -2.12. The van der Waals surface area contributed by atoms with Crippen LogP contribution in [-0.4, -0.2) is 5.91 Å². The van der Waals surface area contributed by atoms with Crippen molar-refractivity contribution in [2.45, 2.75) is 20.3 Å². The van der Waals surface area contributed by atoms with Crippen LogP contribution in [0.2, 0.25) is 10.0 Å². The molecule has 0 aliphatic heterocycles. The SMILES string of the molecule is CCc1cccc(C)c1NC(=O)/C(C#N)=C\Nc1ccc(Cl)cc1Cl. The van der Waals surface area contributed by atoms with Gasteiger partial charge in [0.25, 0.3) is 5.91 Å². The molecule has 6 heteroatoms. The van der Waals surface area contributed by atoms with E-state index in [2.05, 4.69) is 10.6 Å². The molecule has 0 radical (unpaired) electrons. The summed E-state index contributed by atoms with van der Waals surface area (Å²) in [7, 11) is 0. The average Bonchev–Trinajstić information content (AvgIpc) is 2.58. The van der Waals surface area contributed by atoms with E-state index in [9.17, 15) is 10.1 Å². The van der Waals surface area contributed by atoms with Crippen molar-refractivity contribution < 1.29 is 4.79 Å². The van der Waals surface area contributed by atoms with E-state index in [1.807, 2.05) is 38.1 Å². The normalized spacial score (nSPS) is 10.9. The lowest BCUT2D eigenvalue weighted by atomic mass is 10.1. The molecule has 0 heterocycles. The van der Waals surface area contributed by atoms with Crippen molar-refractivity contribution in [3.63, 3.8) is 0 Å². The number of carbonyl (C=O) groups is 1. The van der Waals surface area contributed by atoms with Gasteiger partial charge in [-0.05, 0) is 42.7 Å². The molecule has 2 aromatic rings. The first-order valence-electron chi connectivity index (χ1n) is 7.68. The third-order valence-corrected chi connectivity index (χ3v) is 4.19. The van der Waals surface area contributed by atoms with Crippen LogP contribution >= 0.6 is 23.2 Å². The van der Waals surface area contributed by atoms with Gasteiger partial charge in [0.05, 0.1) is 10.7 Å².